The van der Waals surface area contributed by atoms with Gasteiger partial charge in [-0.05, 0) is 23.4 Å². The van der Waals surface area contributed by atoms with Crippen LogP contribution in [-0.2, 0) is 0 Å². The molecule has 0 amide bonds. The molecular weight excluding hydrogens is 370 g/mol. The van der Waals surface area contributed by atoms with Crippen LogP contribution in [0.3, 0.4) is 0 Å². The summed E-state index contributed by atoms with van der Waals surface area (Å²) in [4.78, 5) is 0. The van der Waals surface area contributed by atoms with Crippen molar-refractivity contribution < 1.29 is 0 Å². The molecule has 0 fully saturated rings. The van der Waals surface area contributed by atoms with Crippen molar-refractivity contribution in [2.24, 2.45) is 0 Å². The molecule has 0 spiro atoms. The van der Waals surface area contributed by atoms with Crippen molar-refractivity contribution in [1.82, 2.24) is 0 Å². The predicted octanol–water partition coefficient (Wildman–Crippen LogP) is 6.48. The van der Waals surface area contributed by atoms with E-state index in [1.54, 1.807) is 0 Å². The zero-order chi connectivity index (χ0) is 12.3. The van der Waals surface area contributed by atoms with Crippen LogP contribution in [0.5, 0.6) is 0 Å². The molecule has 98 valence electrons. The molecule has 0 aromatic carbocycles. The molecule has 0 saturated carbocycles. The average molecular weight is 395 g/mol. The third kappa shape index (κ3) is 15.5. The summed E-state index contributed by atoms with van der Waals surface area (Å²) in [7, 11) is 0. The first-order valence-electron chi connectivity index (χ1n) is 6.50. The van der Waals surface area contributed by atoms with Crippen molar-refractivity contribution >= 4 is 51.4 Å². The number of hydrogen-bond donors (Lipinski definition) is 0. The maximum Gasteiger partial charge on any atom is 0.248 e. The van der Waals surface area contributed by atoms with Gasteiger partial charge in [-0.3, -0.25) is 0 Å². The van der Waals surface area contributed by atoms with Crippen molar-refractivity contribution in [3.05, 3.63) is 0 Å². The van der Waals surface area contributed by atoms with Crippen LogP contribution in [0.2, 0.25) is 12.6 Å². The molecular formula is C12H25Cl2ISi. The quantitative estimate of drug-likeness (QED) is 0.123. The summed E-state index contributed by atoms with van der Waals surface area (Å²) in [6.45, 7) is 0.213. The van der Waals surface area contributed by atoms with Crippen LogP contribution in [0, 0.1) is 0 Å². The standard InChI is InChI=1S/C12H25Cl2ISi/c1-16(13,14)12-10-8-6-4-2-3-5-7-9-11-15/h2-12H2,1H3. The Morgan fingerprint density at radius 3 is 1.50 bits per heavy atom. The highest BCUT2D eigenvalue weighted by Crippen LogP contribution is 2.23. The van der Waals surface area contributed by atoms with Crippen molar-refractivity contribution in [2.45, 2.75) is 70.4 Å². The second-order valence-electron chi connectivity index (χ2n) is 4.69. The summed E-state index contributed by atoms with van der Waals surface area (Å²) in [6.07, 6.45) is 12.4. The highest BCUT2D eigenvalue weighted by atomic mass is 127. The van der Waals surface area contributed by atoms with Crippen LogP contribution in [0.15, 0.2) is 0 Å². The Balaban J connectivity index is 2.99. The summed E-state index contributed by atoms with van der Waals surface area (Å²) >= 11 is 14.6. The molecule has 0 aromatic heterocycles. The van der Waals surface area contributed by atoms with Gasteiger partial charge in [0.15, 0.2) is 0 Å². The van der Waals surface area contributed by atoms with E-state index in [0.29, 0.717) is 0 Å². The lowest BCUT2D eigenvalue weighted by atomic mass is 10.1. The van der Waals surface area contributed by atoms with Gasteiger partial charge in [-0.1, -0.05) is 74.0 Å². The topological polar surface area (TPSA) is 0 Å². The lowest BCUT2D eigenvalue weighted by Crippen LogP contribution is -2.11. The minimum Gasteiger partial charge on any atom is -0.146 e. The van der Waals surface area contributed by atoms with Crippen LogP contribution >= 0.6 is 44.7 Å². The zero-order valence-electron chi connectivity index (χ0n) is 10.4. The third-order valence-electron chi connectivity index (χ3n) is 2.75. The molecule has 0 nitrogen and oxygen atoms in total. The first-order chi connectivity index (χ1) is 7.56. The Morgan fingerprint density at radius 2 is 1.12 bits per heavy atom. The Morgan fingerprint density at radius 1 is 0.750 bits per heavy atom. The molecule has 4 heteroatoms. The number of unbranched alkanes of at least 4 members (excludes halogenated alkanes) is 8. The van der Waals surface area contributed by atoms with Crippen LogP contribution in [0.25, 0.3) is 0 Å². The molecule has 0 atom stereocenters. The van der Waals surface area contributed by atoms with E-state index in [1.807, 2.05) is 6.55 Å². The second kappa shape index (κ2) is 11.6. The lowest BCUT2D eigenvalue weighted by Gasteiger charge is -2.09. The maximum atomic E-state index is 6.05. The molecule has 0 radical (unpaired) electrons. The zero-order valence-corrected chi connectivity index (χ0v) is 15.1. The normalized spacial score (nSPS) is 12.0. The SMILES string of the molecule is C[Si](Cl)(Cl)CCCCCCCCCCCI. The first-order valence-corrected chi connectivity index (χ1v) is 12.8. The number of halogens is 3. The molecule has 0 aliphatic heterocycles. The monoisotopic (exact) mass is 394 g/mol. The van der Waals surface area contributed by atoms with E-state index in [4.69, 9.17) is 22.2 Å². The fourth-order valence-corrected chi connectivity index (χ4v) is 3.98. The second-order valence-corrected chi connectivity index (χ2v) is 14.0. The Hall–Kier alpha value is 1.53. The molecule has 0 unspecified atom stereocenters. The molecule has 0 bridgehead atoms. The number of rotatable bonds is 11. The van der Waals surface area contributed by atoms with Crippen LogP contribution in [-0.4, -0.2) is 11.1 Å². The highest BCUT2D eigenvalue weighted by Gasteiger charge is 2.19. The van der Waals surface area contributed by atoms with E-state index >= 15 is 0 Å². The molecule has 0 rings (SSSR count). The average Bonchev–Trinajstić information content (AvgIpc) is 2.19. The van der Waals surface area contributed by atoms with Gasteiger partial charge in [0.25, 0.3) is 0 Å². The van der Waals surface area contributed by atoms with Crippen molar-refractivity contribution in [2.75, 3.05) is 4.43 Å². The fraction of sp³-hybridized carbons (Fsp3) is 1.00. The van der Waals surface area contributed by atoms with Crippen molar-refractivity contribution in [3.8, 4) is 0 Å². The molecule has 0 aliphatic rings. The molecule has 0 N–H and O–H groups in total. The Bertz CT molecular complexity index is 148. The Labute approximate surface area is 125 Å². The van der Waals surface area contributed by atoms with E-state index in [0.717, 1.165) is 6.04 Å². The van der Waals surface area contributed by atoms with Crippen LogP contribution in [0.4, 0.5) is 0 Å². The summed E-state index contributed by atoms with van der Waals surface area (Å²) in [5.74, 6) is 0. The molecule has 16 heavy (non-hydrogen) atoms. The Kier molecular flexibility index (Phi) is 12.7. The van der Waals surface area contributed by atoms with E-state index in [2.05, 4.69) is 22.6 Å². The van der Waals surface area contributed by atoms with Gasteiger partial charge < -0.3 is 0 Å². The summed E-state index contributed by atoms with van der Waals surface area (Å²) in [6, 6.07) is 1.06. The number of hydrogen-bond acceptors (Lipinski definition) is 0. The fourth-order valence-electron chi connectivity index (χ4n) is 1.77. The van der Waals surface area contributed by atoms with Gasteiger partial charge in [-0.15, -0.1) is 22.2 Å². The van der Waals surface area contributed by atoms with Gasteiger partial charge >= 0.3 is 0 Å². The third-order valence-corrected chi connectivity index (χ3v) is 5.88. The molecule has 0 saturated heterocycles. The number of alkyl halides is 1. The van der Waals surface area contributed by atoms with E-state index in [9.17, 15) is 0 Å². The maximum absolute atomic E-state index is 6.05. The molecule has 0 aliphatic carbocycles. The van der Waals surface area contributed by atoms with Crippen molar-refractivity contribution in [1.29, 1.82) is 0 Å². The van der Waals surface area contributed by atoms with Gasteiger partial charge in [-0.2, -0.15) is 0 Å². The van der Waals surface area contributed by atoms with Gasteiger partial charge in [0.05, 0.1) is 0 Å². The minimum atomic E-state index is -1.80. The smallest absolute Gasteiger partial charge is 0.146 e. The van der Waals surface area contributed by atoms with E-state index < -0.39 is 6.69 Å². The van der Waals surface area contributed by atoms with E-state index in [-0.39, 0.29) is 0 Å². The van der Waals surface area contributed by atoms with Crippen LogP contribution < -0.4 is 0 Å². The van der Waals surface area contributed by atoms with Gasteiger partial charge in [0.2, 0.25) is 6.69 Å². The molecule has 0 heterocycles. The largest absolute Gasteiger partial charge is 0.248 e. The van der Waals surface area contributed by atoms with E-state index in [1.165, 1.54) is 62.2 Å². The van der Waals surface area contributed by atoms with Crippen LogP contribution in [0.1, 0.15) is 57.8 Å². The summed E-state index contributed by atoms with van der Waals surface area (Å²) in [5, 5.41) is 0. The van der Waals surface area contributed by atoms with Gasteiger partial charge in [0, 0.05) is 0 Å². The van der Waals surface area contributed by atoms with Gasteiger partial charge in [0.1, 0.15) is 0 Å². The summed E-state index contributed by atoms with van der Waals surface area (Å²) in [5.41, 5.74) is 0. The lowest BCUT2D eigenvalue weighted by molar-refractivity contribution is 0.573. The predicted molar refractivity (Wildman–Crippen MR) is 88.6 cm³/mol. The minimum absolute atomic E-state index is 1.06. The van der Waals surface area contributed by atoms with Crippen molar-refractivity contribution in [3.63, 3.8) is 0 Å². The van der Waals surface area contributed by atoms with Gasteiger partial charge in [-0.25, -0.2) is 0 Å². The molecule has 0 aromatic rings. The first kappa shape index (κ1) is 17.5. The summed E-state index contributed by atoms with van der Waals surface area (Å²) < 4.78 is 1.32. The highest BCUT2D eigenvalue weighted by molar-refractivity contribution is 14.1.